The zero-order valence-corrected chi connectivity index (χ0v) is 13.9. The Labute approximate surface area is 115 Å². The van der Waals surface area contributed by atoms with Crippen LogP contribution in [0.4, 0.5) is 0 Å². The molecule has 3 heteroatoms. The van der Waals surface area contributed by atoms with Crippen LogP contribution in [0.5, 0.6) is 0 Å². The summed E-state index contributed by atoms with van der Waals surface area (Å²) in [5, 5.41) is 0. The summed E-state index contributed by atoms with van der Waals surface area (Å²) >= 11 is 0. The minimum absolute atomic E-state index is 0.0682. The first-order chi connectivity index (χ1) is 8.45. The number of ether oxygens (including phenoxy) is 1. The van der Waals surface area contributed by atoms with Gasteiger partial charge in [0.05, 0.1) is 7.11 Å². The predicted octanol–water partition coefficient (Wildman–Crippen LogP) is 5.01. The lowest BCUT2D eigenvalue weighted by atomic mass is 10.1. The third-order valence-corrected chi connectivity index (χ3v) is 5.14. The van der Waals surface area contributed by atoms with Crippen LogP contribution >= 0.6 is 0 Å². The van der Waals surface area contributed by atoms with Gasteiger partial charge >= 0.3 is 5.97 Å². The molecule has 0 aliphatic carbocycles. The van der Waals surface area contributed by atoms with Crippen LogP contribution in [0.15, 0.2) is 0 Å². The molecule has 0 aromatic rings. The van der Waals surface area contributed by atoms with Crippen molar-refractivity contribution in [2.24, 2.45) is 0 Å². The molecule has 0 saturated carbocycles. The number of rotatable bonds is 11. The van der Waals surface area contributed by atoms with Crippen LogP contribution in [0.3, 0.4) is 0 Å². The Morgan fingerprint density at radius 3 is 1.72 bits per heavy atom. The lowest BCUT2D eigenvalue weighted by molar-refractivity contribution is -0.140. The minimum Gasteiger partial charge on any atom is -0.469 e. The maximum absolute atomic E-state index is 10.9. The molecule has 2 nitrogen and oxygen atoms in total. The van der Waals surface area contributed by atoms with Gasteiger partial charge in [0, 0.05) is 14.5 Å². The maximum Gasteiger partial charge on any atom is 0.305 e. The van der Waals surface area contributed by atoms with Crippen molar-refractivity contribution in [2.45, 2.75) is 83.5 Å². The van der Waals surface area contributed by atoms with E-state index in [9.17, 15) is 4.79 Å². The van der Waals surface area contributed by atoms with Gasteiger partial charge in [-0.1, -0.05) is 70.6 Å². The Balaban J connectivity index is 3.10. The average molecular weight is 273 g/mol. The standard InChI is InChI=1S/C15H32O2Si/c1-17-15(16)13-11-9-7-5-6-8-10-12-14-18(2,3)4/h5-14H2,1-4H3. The van der Waals surface area contributed by atoms with Gasteiger partial charge in [-0.2, -0.15) is 0 Å². The first kappa shape index (κ1) is 17.7. The summed E-state index contributed by atoms with van der Waals surface area (Å²) in [5.74, 6) is -0.0682. The number of esters is 1. The van der Waals surface area contributed by atoms with E-state index in [-0.39, 0.29) is 5.97 Å². The predicted molar refractivity (Wildman–Crippen MR) is 81.7 cm³/mol. The van der Waals surface area contributed by atoms with Crippen molar-refractivity contribution in [1.82, 2.24) is 0 Å². The van der Waals surface area contributed by atoms with Gasteiger partial charge < -0.3 is 4.74 Å². The molecule has 0 fully saturated rings. The molecule has 0 unspecified atom stereocenters. The Morgan fingerprint density at radius 2 is 1.28 bits per heavy atom. The van der Waals surface area contributed by atoms with Crippen molar-refractivity contribution in [1.29, 1.82) is 0 Å². The summed E-state index contributed by atoms with van der Waals surface area (Å²) in [6.07, 6.45) is 10.9. The summed E-state index contributed by atoms with van der Waals surface area (Å²) in [6.45, 7) is 7.36. The van der Waals surface area contributed by atoms with E-state index in [1.807, 2.05) is 0 Å². The molecule has 0 aliphatic rings. The molecule has 0 bridgehead atoms. The molecule has 18 heavy (non-hydrogen) atoms. The molecule has 0 aromatic carbocycles. The van der Waals surface area contributed by atoms with Gasteiger partial charge in [-0.3, -0.25) is 4.79 Å². The van der Waals surface area contributed by atoms with E-state index in [1.54, 1.807) is 0 Å². The van der Waals surface area contributed by atoms with E-state index in [2.05, 4.69) is 24.4 Å². The van der Waals surface area contributed by atoms with Gasteiger partial charge in [-0.15, -0.1) is 0 Å². The third-order valence-electron chi connectivity index (χ3n) is 3.29. The highest BCUT2D eigenvalue weighted by Crippen LogP contribution is 2.16. The van der Waals surface area contributed by atoms with Crippen LogP contribution in [-0.4, -0.2) is 21.2 Å². The zero-order valence-electron chi connectivity index (χ0n) is 12.9. The molecular formula is C15H32O2Si. The molecule has 0 aliphatic heterocycles. The van der Waals surface area contributed by atoms with E-state index < -0.39 is 8.07 Å². The smallest absolute Gasteiger partial charge is 0.305 e. The molecule has 0 radical (unpaired) electrons. The highest BCUT2D eigenvalue weighted by Gasteiger charge is 2.11. The molecule has 0 N–H and O–H groups in total. The molecule has 0 spiro atoms. The second kappa shape index (κ2) is 10.6. The Morgan fingerprint density at radius 1 is 0.833 bits per heavy atom. The lowest BCUT2D eigenvalue weighted by Gasteiger charge is -2.14. The van der Waals surface area contributed by atoms with Crippen LogP contribution in [0.25, 0.3) is 0 Å². The van der Waals surface area contributed by atoms with Gasteiger partial charge in [-0.25, -0.2) is 0 Å². The molecule has 0 aromatic heterocycles. The fourth-order valence-corrected chi connectivity index (χ4v) is 3.40. The van der Waals surface area contributed by atoms with Crippen LogP contribution in [0.1, 0.15) is 57.8 Å². The number of carbonyl (C=O) groups is 1. The summed E-state index contributed by atoms with van der Waals surface area (Å²) < 4.78 is 4.61. The largest absolute Gasteiger partial charge is 0.469 e. The Bertz CT molecular complexity index is 209. The van der Waals surface area contributed by atoms with Crippen molar-refractivity contribution in [3.63, 3.8) is 0 Å². The van der Waals surface area contributed by atoms with E-state index >= 15 is 0 Å². The minimum atomic E-state index is -0.802. The fourth-order valence-electron chi connectivity index (χ4n) is 2.09. The van der Waals surface area contributed by atoms with Gasteiger partial charge in [-0.05, 0) is 6.42 Å². The number of hydrogen-bond donors (Lipinski definition) is 0. The van der Waals surface area contributed by atoms with Gasteiger partial charge in [0.25, 0.3) is 0 Å². The van der Waals surface area contributed by atoms with E-state index in [0.717, 1.165) is 6.42 Å². The molecule has 0 rings (SSSR count). The van der Waals surface area contributed by atoms with Crippen LogP contribution < -0.4 is 0 Å². The average Bonchev–Trinajstić information content (AvgIpc) is 2.29. The molecule has 0 heterocycles. The van der Waals surface area contributed by atoms with E-state index in [0.29, 0.717) is 6.42 Å². The van der Waals surface area contributed by atoms with Crippen molar-refractivity contribution in [3.05, 3.63) is 0 Å². The first-order valence-corrected chi connectivity index (χ1v) is 11.2. The number of hydrogen-bond acceptors (Lipinski definition) is 2. The first-order valence-electron chi connectivity index (χ1n) is 7.52. The second-order valence-corrected chi connectivity index (χ2v) is 12.1. The monoisotopic (exact) mass is 272 g/mol. The third kappa shape index (κ3) is 13.8. The highest BCUT2D eigenvalue weighted by atomic mass is 28.3. The van der Waals surface area contributed by atoms with Crippen molar-refractivity contribution in [3.8, 4) is 0 Å². The van der Waals surface area contributed by atoms with Gasteiger partial charge in [0.2, 0.25) is 0 Å². The quantitative estimate of drug-likeness (QED) is 0.300. The zero-order chi connectivity index (χ0) is 13.9. The number of unbranched alkanes of at least 4 members (excludes halogenated alkanes) is 7. The SMILES string of the molecule is COC(=O)CCCCCCCCCC[Si](C)(C)C. The lowest BCUT2D eigenvalue weighted by Crippen LogP contribution is -2.18. The Hall–Kier alpha value is -0.313. The molecule has 108 valence electrons. The number of carbonyl (C=O) groups excluding carboxylic acids is 1. The van der Waals surface area contributed by atoms with E-state index in [4.69, 9.17) is 0 Å². The van der Waals surface area contributed by atoms with Crippen LogP contribution in [0, 0.1) is 0 Å². The van der Waals surface area contributed by atoms with Gasteiger partial charge in [0.15, 0.2) is 0 Å². The van der Waals surface area contributed by atoms with Crippen molar-refractivity contribution in [2.75, 3.05) is 7.11 Å². The summed E-state index contributed by atoms with van der Waals surface area (Å²) in [5.41, 5.74) is 0. The topological polar surface area (TPSA) is 26.3 Å². The molecule has 0 saturated heterocycles. The van der Waals surface area contributed by atoms with Crippen LogP contribution in [-0.2, 0) is 9.53 Å². The fraction of sp³-hybridized carbons (Fsp3) is 0.933. The highest BCUT2D eigenvalue weighted by molar-refractivity contribution is 6.76. The van der Waals surface area contributed by atoms with Crippen molar-refractivity contribution >= 4 is 14.0 Å². The molecule has 0 amide bonds. The normalized spacial score (nSPS) is 11.6. The summed E-state index contributed by atoms with van der Waals surface area (Å²) in [7, 11) is 0.660. The summed E-state index contributed by atoms with van der Waals surface area (Å²) in [4.78, 5) is 10.9. The molecular weight excluding hydrogens is 240 g/mol. The Kier molecular flexibility index (Phi) is 10.4. The van der Waals surface area contributed by atoms with Gasteiger partial charge in [0.1, 0.15) is 0 Å². The maximum atomic E-state index is 10.9. The second-order valence-electron chi connectivity index (χ2n) is 6.47. The molecule has 0 atom stereocenters. The number of methoxy groups -OCH3 is 1. The van der Waals surface area contributed by atoms with Crippen molar-refractivity contribution < 1.29 is 9.53 Å². The van der Waals surface area contributed by atoms with Crippen LogP contribution in [0.2, 0.25) is 25.7 Å². The summed E-state index contributed by atoms with van der Waals surface area (Å²) in [6, 6.07) is 1.48. The van der Waals surface area contributed by atoms with E-state index in [1.165, 1.54) is 58.1 Å².